The summed E-state index contributed by atoms with van der Waals surface area (Å²) in [6.45, 7) is 8.04. The largest absolute Gasteiger partial charge is 0.314 e. The van der Waals surface area contributed by atoms with Crippen molar-refractivity contribution in [3.05, 3.63) is 0 Å². The molecule has 7 heteroatoms. The maximum Gasteiger partial charge on any atom is 0.245 e. The average Bonchev–Trinajstić information content (AvgIpc) is 2.90. The number of unbranched alkanes of at least 4 members (excludes halogenated alkanes) is 5. The summed E-state index contributed by atoms with van der Waals surface area (Å²) < 4.78 is 0. The van der Waals surface area contributed by atoms with Gasteiger partial charge in [0.05, 0.1) is 5.54 Å². The Morgan fingerprint density at radius 1 is 1.24 bits per heavy atom. The van der Waals surface area contributed by atoms with Crippen molar-refractivity contribution < 1.29 is 4.79 Å². The summed E-state index contributed by atoms with van der Waals surface area (Å²) in [6.07, 6.45) is 10.3. The number of nitrogens with one attached hydrogen (secondary N) is 2. The second-order valence-corrected chi connectivity index (χ2v) is 7.96. The molecular weight excluding hydrogens is 334 g/mol. The van der Waals surface area contributed by atoms with Crippen LogP contribution in [0.1, 0.15) is 65.7 Å². The van der Waals surface area contributed by atoms with Gasteiger partial charge in [0, 0.05) is 13.1 Å². The van der Waals surface area contributed by atoms with E-state index in [-0.39, 0.29) is 18.0 Å². The summed E-state index contributed by atoms with van der Waals surface area (Å²) in [7, 11) is 0. The lowest BCUT2D eigenvalue weighted by Crippen LogP contribution is -2.78. The first kappa shape index (κ1) is 19.9. The molecule has 1 amide bonds. The molecule has 0 spiro atoms. The monoisotopic (exact) mass is 365 g/mol. The molecule has 0 aromatic carbocycles. The van der Waals surface area contributed by atoms with E-state index in [0.717, 1.165) is 25.8 Å². The molecule has 2 N–H and O–H groups in total. The Morgan fingerprint density at radius 3 is 2.52 bits per heavy atom. The lowest BCUT2D eigenvalue weighted by molar-refractivity contribution is -0.122. The van der Waals surface area contributed by atoms with Crippen molar-refractivity contribution in [2.45, 2.75) is 76.9 Å². The van der Waals surface area contributed by atoms with Crippen molar-refractivity contribution in [2.24, 2.45) is 0 Å². The van der Waals surface area contributed by atoms with Crippen LogP contribution in [0.15, 0.2) is 0 Å². The Bertz CT molecular complexity index is 544. The highest BCUT2D eigenvalue weighted by Gasteiger charge is 2.57. The SMILES string of the molecule is CCCCCCCCC1(N2CC(=O)NC2=S)N(C#N)CCNC1(C)C. The molecule has 2 heterocycles. The lowest BCUT2D eigenvalue weighted by atomic mass is 9.78. The molecule has 2 fully saturated rings. The van der Waals surface area contributed by atoms with Gasteiger partial charge in [-0.05, 0) is 38.9 Å². The highest BCUT2D eigenvalue weighted by molar-refractivity contribution is 7.80. The van der Waals surface area contributed by atoms with Crippen molar-refractivity contribution in [3.8, 4) is 6.19 Å². The zero-order chi connectivity index (χ0) is 18.5. The van der Waals surface area contributed by atoms with Crippen molar-refractivity contribution in [1.29, 1.82) is 5.26 Å². The van der Waals surface area contributed by atoms with E-state index < -0.39 is 5.66 Å². The van der Waals surface area contributed by atoms with Crippen LogP contribution < -0.4 is 10.6 Å². The summed E-state index contributed by atoms with van der Waals surface area (Å²) in [6, 6.07) is 0. The lowest BCUT2D eigenvalue weighted by Gasteiger charge is -2.59. The van der Waals surface area contributed by atoms with E-state index in [4.69, 9.17) is 12.2 Å². The van der Waals surface area contributed by atoms with Crippen molar-refractivity contribution >= 4 is 23.2 Å². The minimum atomic E-state index is -0.610. The molecule has 6 nitrogen and oxygen atoms in total. The van der Waals surface area contributed by atoms with Crippen LogP contribution in [0.4, 0.5) is 0 Å². The fourth-order valence-corrected chi connectivity index (χ4v) is 4.56. The predicted molar refractivity (Wildman–Crippen MR) is 103 cm³/mol. The molecule has 2 saturated heterocycles. The summed E-state index contributed by atoms with van der Waals surface area (Å²) in [5, 5.41) is 16.6. The van der Waals surface area contributed by atoms with Crippen LogP contribution in [0.3, 0.4) is 0 Å². The third kappa shape index (κ3) is 3.90. The molecule has 25 heavy (non-hydrogen) atoms. The van der Waals surface area contributed by atoms with Gasteiger partial charge in [-0.15, -0.1) is 0 Å². The van der Waals surface area contributed by atoms with Gasteiger partial charge < -0.3 is 15.5 Å². The van der Waals surface area contributed by atoms with Gasteiger partial charge in [0.15, 0.2) is 11.3 Å². The molecule has 2 rings (SSSR count). The van der Waals surface area contributed by atoms with Gasteiger partial charge in [0.1, 0.15) is 12.2 Å². The first-order valence-corrected chi connectivity index (χ1v) is 9.83. The van der Waals surface area contributed by atoms with Crippen LogP contribution in [0.25, 0.3) is 0 Å². The highest BCUT2D eigenvalue weighted by atomic mass is 32.1. The Morgan fingerprint density at radius 2 is 1.92 bits per heavy atom. The van der Waals surface area contributed by atoms with Gasteiger partial charge in [0.2, 0.25) is 5.91 Å². The third-order valence-electron chi connectivity index (χ3n) is 5.59. The smallest absolute Gasteiger partial charge is 0.245 e. The fourth-order valence-electron chi connectivity index (χ4n) is 4.23. The van der Waals surface area contributed by atoms with Gasteiger partial charge >= 0.3 is 0 Å². The van der Waals surface area contributed by atoms with E-state index in [1.807, 2.05) is 9.80 Å². The van der Waals surface area contributed by atoms with E-state index in [9.17, 15) is 10.1 Å². The molecule has 0 radical (unpaired) electrons. The number of nitriles is 1. The highest BCUT2D eigenvalue weighted by Crippen LogP contribution is 2.40. The van der Waals surface area contributed by atoms with Crippen LogP contribution in [-0.4, -0.2) is 51.7 Å². The minimum Gasteiger partial charge on any atom is -0.314 e. The van der Waals surface area contributed by atoms with E-state index in [2.05, 4.69) is 37.6 Å². The van der Waals surface area contributed by atoms with Crippen LogP contribution >= 0.6 is 12.2 Å². The van der Waals surface area contributed by atoms with Gasteiger partial charge in [-0.1, -0.05) is 39.0 Å². The number of piperazine rings is 1. The number of amides is 1. The Kier molecular flexibility index (Phi) is 6.64. The van der Waals surface area contributed by atoms with E-state index in [0.29, 0.717) is 11.7 Å². The molecular formula is C18H31N5OS. The minimum absolute atomic E-state index is 0.0911. The Labute approximate surface area is 156 Å². The van der Waals surface area contributed by atoms with Crippen molar-refractivity contribution in [1.82, 2.24) is 20.4 Å². The van der Waals surface area contributed by atoms with Crippen LogP contribution in [0.5, 0.6) is 0 Å². The second kappa shape index (κ2) is 8.33. The molecule has 2 aliphatic heterocycles. The number of hydrogen-bond donors (Lipinski definition) is 2. The van der Waals surface area contributed by atoms with E-state index in [1.165, 1.54) is 25.7 Å². The molecule has 1 unspecified atom stereocenters. The molecule has 0 bridgehead atoms. The van der Waals surface area contributed by atoms with Gasteiger partial charge in [-0.3, -0.25) is 9.69 Å². The van der Waals surface area contributed by atoms with Crippen LogP contribution in [-0.2, 0) is 4.79 Å². The maximum absolute atomic E-state index is 11.9. The van der Waals surface area contributed by atoms with Crippen LogP contribution in [0.2, 0.25) is 0 Å². The first-order chi connectivity index (χ1) is 11.9. The van der Waals surface area contributed by atoms with Gasteiger partial charge in [0.25, 0.3) is 0 Å². The maximum atomic E-state index is 11.9. The van der Waals surface area contributed by atoms with Gasteiger partial charge in [-0.2, -0.15) is 5.26 Å². The molecule has 0 aromatic rings. The molecule has 0 saturated carbocycles. The first-order valence-electron chi connectivity index (χ1n) is 9.43. The average molecular weight is 366 g/mol. The quantitative estimate of drug-likeness (QED) is 0.391. The summed E-state index contributed by atoms with van der Waals surface area (Å²) >= 11 is 5.44. The van der Waals surface area contributed by atoms with Crippen LogP contribution in [0, 0.1) is 11.5 Å². The number of thiocarbonyl (C=S) groups is 1. The molecule has 2 aliphatic rings. The van der Waals surface area contributed by atoms with E-state index >= 15 is 0 Å². The zero-order valence-corrected chi connectivity index (χ0v) is 16.5. The number of hydrogen-bond acceptors (Lipinski definition) is 5. The number of rotatable bonds is 8. The van der Waals surface area contributed by atoms with Crippen molar-refractivity contribution in [3.63, 3.8) is 0 Å². The topological polar surface area (TPSA) is 71.4 Å². The number of carbonyl (C=O) groups excluding carboxylic acids is 1. The zero-order valence-electron chi connectivity index (χ0n) is 15.7. The molecule has 1 atom stereocenters. The number of nitrogens with zero attached hydrogens (tertiary/aromatic N) is 3. The van der Waals surface area contributed by atoms with Crippen molar-refractivity contribution in [2.75, 3.05) is 19.6 Å². The fraction of sp³-hybridized carbons (Fsp3) is 0.833. The summed E-state index contributed by atoms with van der Waals surface area (Å²) in [5.41, 5.74) is -0.970. The third-order valence-corrected chi connectivity index (χ3v) is 5.91. The molecule has 0 aromatic heterocycles. The Balaban J connectivity index is 2.23. The standard InChI is InChI=1S/C18H31N5OS/c1-4-5-6-7-8-9-10-18(23-13-15(24)21-16(23)25)17(2,3)20-11-12-22(18)14-19/h20H,4-13H2,1-3H3,(H,21,24,25). The van der Waals surface area contributed by atoms with Gasteiger partial charge in [-0.25, -0.2) is 0 Å². The molecule has 140 valence electrons. The van der Waals surface area contributed by atoms with E-state index in [1.54, 1.807) is 0 Å². The summed E-state index contributed by atoms with van der Waals surface area (Å²) in [4.78, 5) is 15.7. The summed E-state index contributed by atoms with van der Waals surface area (Å²) in [5.74, 6) is -0.0911. The normalized spacial score (nSPS) is 25.8. The Hall–Kier alpha value is -1.39. The molecule has 0 aliphatic carbocycles. The second-order valence-electron chi connectivity index (χ2n) is 7.58. The predicted octanol–water partition coefficient (Wildman–Crippen LogP) is 2.31. The number of carbonyl (C=O) groups is 1.